The quantitative estimate of drug-likeness (QED) is 0.716. The Labute approximate surface area is 160 Å². The summed E-state index contributed by atoms with van der Waals surface area (Å²) in [5.41, 5.74) is 0.657. The first-order chi connectivity index (χ1) is 12.7. The van der Waals surface area contributed by atoms with Gasteiger partial charge in [-0.05, 0) is 38.8 Å². The number of nitrogens with zero attached hydrogens (tertiary/aromatic N) is 2. The molecule has 0 atom stereocenters. The highest BCUT2D eigenvalue weighted by molar-refractivity contribution is 7.89. The average Bonchev–Trinajstić information content (AvgIpc) is 2.65. The molecule has 1 amide bonds. The number of likely N-dealkylation sites (N-methyl/N-ethyl adjacent to an activating group) is 1. The second-order valence-corrected chi connectivity index (χ2v) is 8.70. The lowest BCUT2D eigenvalue weighted by atomic mass is 9.96. The smallest absolute Gasteiger partial charge is 0.337 e. The van der Waals surface area contributed by atoms with Gasteiger partial charge in [0.25, 0.3) is 0 Å². The molecule has 0 aliphatic carbocycles. The van der Waals surface area contributed by atoms with E-state index in [0.29, 0.717) is 25.9 Å². The predicted octanol–water partition coefficient (Wildman–Crippen LogP) is 2.21. The van der Waals surface area contributed by atoms with E-state index in [1.807, 2.05) is 13.8 Å². The van der Waals surface area contributed by atoms with E-state index in [1.54, 1.807) is 4.90 Å². The minimum atomic E-state index is -3.92. The van der Waals surface area contributed by atoms with Crippen LogP contribution in [0.1, 0.15) is 37.0 Å². The van der Waals surface area contributed by atoms with Gasteiger partial charge in [0.05, 0.1) is 10.5 Å². The van der Waals surface area contributed by atoms with Gasteiger partial charge in [-0.1, -0.05) is 24.3 Å². The molecule has 2 rings (SSSR count). The topological polar surface area (TPSA) is 95.0 Å². The van der Waals surface area contributed by atoms with Crippen molar-refractivity contribution in [3.05, 3.63) is 42.0 Å². The summed E-state index contributed by atoms with van der Waals surface area (Å²) in [7, 11) is -3.92. The molecule has 1 N–H and O–H groups in total. The van der Waals surface area contributed by atoms with Crippen molar-refractivity contribution in [3.63, 3.8) is 0 Å². The molecule has 1 fully saturated rings. The van der Waals surface area contributed by atoms with Crippen molar-refractivity contribution < 1.29 is 23.1 Å². The molecule has 0 aromatic heterocycles. The molecule has 0 saturated carbocycles. The number of piperidine rings is 1. The predicted molar refractivity (Wildman–Crippen MR) is 102 cm³/mol. The number of carboxylic acid groups (broad SMARTS) is 1. The standard InChI is InChI=1S/C19H26N2O5S/c1-4-20(13-14(2)3)18(22)15-9-11-21(12-10-15)27(25,26)17-8-6-5-7-16(17)19(23)24/h5-8,15H,2,4,9-13H2,1,3H3,(H,23,24). The molecule has 1 aliphatic rings. The molecule has 27 heavy (non-hydrogen) atoms. The SMILES string of the molecule is C=C(C)CN(CC)C(=O)C1CCN(S(=O)(=O)c2ccccc2C(=O)O)CC1. The molecule has 7 nitrogen and oxygen atoms in total. The Bertz CT molecular complexity index is 826. The first-order valence-corrected chi connectivity index (χ1v) is 10.4. The van der Waals surface area contributed by atoms with E-state index in [0.717, 1.165) is 5.57 Å². The Morgan fingerprint density at radius 3 is 2.37 bits per heavy atom. The van der Waals surface area contributed by atoms with Crippen LogP contribution in [0.3, 0.4) is 0 Å². The normalized spacial score (nSPS) is 16.1. The monoisotopic (exact) mass is 394 g/mol. The summed E-state index contributed by atoms with van der Waals surface area (Å²) in [6, 6.07) is 5.59. The van der Waals surface area contributed by atoms with E-state index in [9.17, 15) is 23.1 Å². The zero-order chi connectivity index (χ0) is 20.2. The van der Waals surface area contributed by atoms with Gasteiger partial charge in [0.1, 0.15) is 0 Å². The van der Waals surface area contributed by atoms with Gasteiger partial charge in [0, 0.05) is 32.1 Å². The second-order valence-electron chi connectivity index (χ2n) is 6.79. The van der Waals surface area contributed by atoms with Crippen LogP contribution in [0, 0.1) is 5.92 Å². The van der Waals surface area contributed by atoms with Gasteiger partial charge in [0.15, 0.2) is 0 Å². The van der Waals surface area contributed by atoms with Crippen molar-refractivity contribution >= 4 is 21.9 Å². The van der Waals surface area contributed by atoms with Crippen LogP contribution in [0.15, 0.2) is 41.3 Å². The molecule has 1 saturated heterocycles. The number of amides is 1. The van der Waals surface area contributed by atoms with Crippen LogP contribution in [-0.2, 0) is 14.8 Å². The maximum Gasteiger partial charge on any atom is 0.337 e. The fourth-order valence-corrected chi connectivity index (χ4v) is 4.93. The molecular formula is C19H26N2O5S. The van der Waals surface area contributed by atoms with Gasteiger partial charge in [-0.25, -0.2) is 13.2 Å². The second kappa shape index (κ2) is 8.67. The van der Waals surface area contributed by atoms with Crippen LogP contribution in [0.25, 0.3) is 0 Å². The molecule has 1 aromatic carbocycles. The number of carbonyl (C=O) groups excluding carboxylic acids is 1. The van der Waals surface area contributed by atoms with Crippen molar-refractivity contribution in [3.8, 4) is 0 Å². The Kier molecular flexibility index (Phi) is 6.78. The number of rotatable bonds is 7. The third-order valence-corrected chi connectivity index (χ3v) is 6.65. The molecule has 1 aliphatic heterocycles. The summed E-state index contributed by atoms with van der Waals surface area (Å²) in [5, 5.41) is 9.26. The van der Waals surface area contributed by atoms with Crippen LogP contribution >= 0.6 is 0 Å². The maximum absolute atomic E-state index is 12.9. The first-order valence-electron chi connectivity index (χ1n) is 8.94. The van der Waals surface area contributed by atoms with Gasteiger partial charge in [-0.15, -0.1) is 0 Å². The van der Waals surface area contributed by atoms with Crippen LogP contribution < -0.4 is 0 Å². The van der Waals surface area contributed by atoms with Gasteiger partial charge in [-0.2, -0.15) is 4.31 Å². The van der Waals surface area contributed by atoms with E-state index >= 15 is 0 Å². The van der Waals surface area contributed by atoms with Gasteiger partial charge >= 0.3 is 5.97 Å². The minimum Gasteiger partial charge on any atom is -0.478 e. The maximum atomic E-state index is 12.9. The highest BCUT2D eigenvalue weighted by Gasteiger charge is 2.35. The molecule has 1 aromatic rings. The molecule has 8 heteroatoms. The molecule has 1 heterocycles. The summed E-state index contributed by atoms with van der Waals surface area (Å²) in [6.45, 7) is 9.08. The molecule has 148 valence electrons. The number of carboxylic acids is 1. The lowest BCUT2D eigenvalue weighted by Crippen LogP contribution is -2.44. The molecule has 0 radical (unpaired) electrons. The van der Waals surface area contributed by atoms with Gasteiger partial charge < -0.3 is 10.0 Å². The Balaban J connectivity index is 2.12. The molecular weight excluding hydrogens is 368 g/mol. The minimum absolute atomic E-state index is 0.0171. The first kappa shape index (κ1) is 21.1. The van der Waals surface area contributed by atoms with Crippen molar-refractivity contribution in [1.29, 1.82) is 0 Å². The number of carbonyl (C=O) groups is 2. The van der Waals surface area contributed by atoms with Crippen molar-refractivity contribution in [1.82, 2.24) is 9.21 Å². The van der Waals surface area contributed by atoms with E-state index in [4.69, 9.17) is 0 Å². The van der Waals surface area contributed by atoms with E-state index in [2.05, 4.69) is 6.58 Å². The Morgan fingerprint density at radius 2 is 1.85 bits per heavy atom. The summed E-state index contributed by atoms with van der Waals surface area (Å²) in [6.07, 6.45) is 0.833. The van der Waals surface area contributed by atoms with Crippen LogP contribution in [-0.4, -0.2) is 60.8 Å². The fraction of sp³-hybridized carbons (Fsp3) is 0.474. The highest BCUT2D eigenvalue weighted by atomic mass is 32.2. The van der Waals surface area contributed by atoms with Crippen LogP contribution in [0.2, 0.25) is 0 Å². The number of hydrogen-bond acceptors (Lipinski definition) is 4. The number of benzene rings is 1. The van der Waals surface area contributed by atoms with E-state index in [-0.39, 0.29) is 35.4 Å². The van der Waals surface area contributed by atoms with Crippen LogP contribution in [0.4, 0.5) is 0 Å². The van der Waals surface area contributed by atoms with E-state index in [1.165, 1.54) is 28.6 Å². The third kappa shape index (κ3) is 4.75. The van der Waals surface area contributed by atoms with Crippen LogP contribution in [0.5, 0.6) is 0 Å². The van der Waals surface area contributed by atoms with Gasteiger partial charge in [-0.3, -0.25) is 4.79 Å². The lowest BCUT2D eigenvalue weighted by Gasteiger charge is -2.33. The van der Waals surface area contributed by atoms with Crippen molar-refractivity contribution in [2.45, 2.75) is 31.6 Å². The van der Waals surface area contributed by atoms with E-state index < -0.39 is 16.0 Å². The number of hydrogen-bond donors (Lipinski definition) is 1. The third-order valence-electron chi connectivity index (χ3n) is 4.69. The average molecular weight is 394 g/mol. The number of sulfonamides is 1. The zero-order valence-electron chi connectivity index (χ0n) is 15.7. The fourth-order valence-electron chi connectivity index (χ4n) is 3.28. The lowest BCUT2D eigenvalue weighted by molar-refractivity contribution is -0.136. The largest absolute Gasteiger partial charge is 0.478 e. The highest BCUT2D eigenvalue weighted by Crippen LogP contribution is 2.27. The summed E-state index contributed by atoms with van der Waals surface area (Å²) < 4.78 is 27.0. The van der Waals surface area contributed by atoms with Gasteiger partial charge in [0.2, 0.25) is 15.9 Å². The molecule has 0 unspecified atom stereocenters. The Morgan fingerprint density at radius 1 is 1.26 bits per heavy atom. The molecule has 0 bridgehead atoms. The summed E-state index contributed by atoms with van der Waals surface area (Å²) in [5.74, 6) is -1.49. The summed E-state index contributed by atoms with van der Waals surface area (Å²) in [4.78, 5) is 25.5. The van der Waals surface area contributed by atoms with Crippen molar-refractivity contribution in [2.24, 2.45) is 5.92 Å². The Hall–Kier alpha value is -2.19. The zero-order valence-corrected chi connectivity index (χ0v) is 16.5. The number of aromatic carboxylic acids is 1. The van der Waals surface area contributed by atoms with Crippen molar-refractivity contribution in [2.75, 3.05) is 26.2 Å². The summed E-state index contributed by atoms with van der Waals surface area (Å²) >= 11 is 0. The molecule has 0 spiro atoms.